The topological polar surface area (TPSA) is 49.4 Å². The molecular formula is C13H26N2O2S. The number of hydrogen-bond acceptors (Lipinski definition) is 4. The average Bonchev–Trinajstić information content (AvgIpc) is 2.53. The normalized spacial score (nSPS) is 33.7. The van der Waals surface area contributed by atoms with Gasteiger partial charge in [0, 0.05) is 19.1 Å². The van der Waals surface area contributed by atoms with Crippen molar-refractivity contribution in [2.24, 2.45) is 5.92 Å². The fourth-order valence-corrected chi connectivity index (χ4v) is 4.85. The van der Waals surface area contributed by atoms with Gasteiger partial charge in [-0.3, -0.25) is 0 Å². The molecule has 2 heterocycles. The van der Waals surface area contributed by atoms with Crippen LogP contribution in [0.5, 0.6) is 0 Å². The third-order valence-electron chi connectivity index (χ3n) is 4.24. The van der Waals surface area contributed by atoms with Crippen LogP contribution >= 0.6 is 0 Å². The van der Waals surface area contributed by atoms with Gasteiger partial charge in [-0.25, -0.2) is 8.42 Å². The molecule has 2 fully saturated rings. The Balaban J connectivity index is 1.95. The molecule has 2 unspecified atom stereocenters. The van der Waals surface area contributed by atoms with Crippen LogP contribution in [0.1, 0.15) is 33.1 Å². The minimum absolute atomic E-state index is 0.108. The molecule has 0 spiro atoms. The number of nitrogens with zero attached hydrogens (tertiary/aromatic N) is 1. The van der Waals surface area contributed by atoms with Crippen LogP contribution in [0.25, 0.3) is 0 Å². The summed E-state index contributed by atoms with van der Waals surface area (Å²) < 4.78 is 23.8. The summed E-state index contributed by atoms with van der Waals surface area (Å²) in [6, 6.07) is 0.497. The zero-order valence-electron chi connectivity index (χ0n) is 11.6. The minimum atomic E-state index is -2.80. The molecule has 2 aliphatic rings. The van der Waals surface area contributed by atoms with E-state index in [-0.39, 0.29) is 5.25 Å². The van der Waals surface area contributed by atoms with Gasteiger partial charge >= 0.3 is 0 Å². The molecule has 4 nitrogen and oxygen atoms in total. The maximum Gasteiger partial charge on any atom is 0.154 e. The molecule has 18 heavy (non-hydrogen) atoms. The third-order valence-corrected chi connectivity index (χ3v) is 6.50. The lowest BCUT2D eigenvalue weighted by Crippen LogP contribution is -2.44. The largest absolute Gasteiger partial charge is 0.312 e. The van der Waals surface area contributed by atoms with Crippen molar-refractivity contribution in [3.8, 4) is 0 Å². The van der Waals surface area contributed by atoms with Crippen molar-refractivity contribution in [2.75, 3.05) is 31.9 Å². The molecule has 0 aromatic heterocycles. The van der Waals surface area contributed by atoms with Gasteiger partial charge in [0.1, 0.15) is 0 Å². The minimum Gasteiger partial charge on any atom is -0.312 e. The summed E-state index contributed by atoms with van der Waals surface area (Å²) in [7, 11) is -2.80. The first kappa shape index (κ1) is 14.3. The fourth-order valence-electron chi connectivity index (χ4n) is 2.99. The lowest BCUT2D eigenvalue weighted by Gasteiger charge is -2.28. The highest BCUT2D eigenvalue weighted by atomic mass is 32.2. The smallest absolute Gasteiger partial charge is 0.154 e. The summed E-state index contributed by atoms with van der Waals surface area (Å²) in [5.74, 6) is 1.00. The Bertz CT molecular complexity index is 367. The van der Waals surface area contributed by atoms with Gasteiger partial charge in [0.15, 0.2) is 9.84 Å². The lowest BCUT2D eigenvalue weighted by molar-refractivity contribution is 0.244. The summed E-state index contributed by atoms with van der Waals surface area (Å²) >= 11 is 0. The highest BCUT2D eigenvalue weighted by Crippen LogP contribution is 2.21. The second-order valence-corrected chi connectivity index (χ2v) is 8.45. The molecule has 2 atom stereocenters. The third kappa shape index (κ3) is 3.45. The Hall–Kier alpha value is -0.130. The van der Waals surface area contributed by atoms with Gasteiger partial charge in [-0.15, -0.1) is 0 Å². The molecule has 0 aliphatic carbocycles. The maximum absolute atomic E-state index is 11.9. The first-order chi connectivity index (χ1) is 8.49. The van der Waals surface area contributed by atoms with Crippen LogP contribution in [0.4, 0.5) is 0 Å². The molecule has 0 aromatic rings. The molecule has 106 valence electrons. The Labute approximate surface area is 111 Å². The van der Waals surface area contributed by atoms with Crippen LogP contribution in [0.3, 0.4) is 0 Å². The number of sulfone groups is 1. The van der Waals surface area contributed by atoms with Gasteiger partial charge in [-0.1, -0.05) is 13.8 Å². The molecule has 2 saturated heterocycles. The van der Waals surface area contributed by atoms with Gasteiger partial charge in [0.05, 0.1) is 11.0 Å². The van der Waals surface area contributed by atoms with Gasteiger partial charge in [-0.05, 0) is 38.3 Å². The summed E-state index contributed by atoms with van der Waals surface area (Å²) in [5.41, 5.74) is 0. The molecule has 1 N–H and O–H groups in total. The van der Waals surface area contributed by atoms with E-state index in [2.05, 4.69) is 24.1 Å². The first-order valence-corrected chi connectivity index (χ1v) is 8.88. The van der Waals surface area contributed by atoms with Gasteiger partial charge in [0.25, 0.3) is 0 Å². The fraction of sp³-hybridized carbons (Fsp3) is 1.00. The highest BCUT2D eigenvalue weighted by Gasteiger charge is 2.33. The quantitative estimate of drug-likeness (QED) is 0.830. The highest BCUT2D eigenvalue weighted by molar-refractivity contribution is 7.92. The second-order valence-electron chi connectivity index (χ2n) is 6.05. The van der Waals surface area contributed by atoms with E-state index in [0.29, 0.717) is 17.7 Å². The second kappa shape index (κ2) is 5.88. The van der Waals surface area contributed by atoms with E-state index >= 15 is 0 Å². The summed E-state index contributed by atoms with van der Waals surface area (Å²) in [4.78, 5) is 2.36. The molecular weight excluding hydrogens is 248 g/mol. The molecule has 2 rings (SSSR count). The van der Waals surface area contributed by atoms with E-state index in [1.807, 2.05) is 0 Å². The van der Waals surface area contributed by atoms with Gasteiger partial charge in [0.2, 0.25) is 0 Å². The zero-order valence-corrected chi connectivity index (χ0v) is 12.4. The van der Waals surface area contributed by atoms with Gasteiger partial charge in [-0.2, -0.15) is 0 Å². The van der Waals surface area contributed by atoms with Crippen LogP contribution in [0.2, 0.25) is 0 Å². The molecule has 2 aliphatic heterocycles. The Morgan fingerprint density at radius 1 is 1.33 bits per heavy atom. The van der Waals surface area contributed by atoms with Crippen molar-refractivity contribution in [3.05, 3.63) is 0 Å². The number of rotatable bonds is 3. The van der Waals surface area contributed by atoms with Gasteiger partial charge < -0.3 is 10.2 Å². The SMILES string of the molecule is CC(C)C1CN(CC2CCCS2(=O)=O)CCCN1. The van der Waals surface area contributed by atoms with Crippen molar-refractivity contribution < 1.29 is 8.42 Å². The van der Waals surface area contributed by atoms with Crippen LogP contribution in [-0.4, -0.2) is 56.5 Å². The van der Waals surface area contributed by atoms with E-state index in [9.17, 15) is 8.42 Å². The Morgan fingerprint density at radius 2 is 2.11 bits per heavy atom. The molecule has 0 amide bonds. The van der Waals surface area contributed by atoms with Crippen LogP contribution < -0.4 is 5.32 Å². The lowest BCUT2D eigenvalue weighted by atomic mass is 10.0. The van der Waals surface area contributed by atoms with Crippen LogP contribution in [-0.2, 0) is 9.84 Å². The van der Waals surface area contributed by atoms with Crippen molar-refractivity contribution in [3.63, 3.8) is 0 Å². The molecule has 5 heteroatoms. The Kier molecular flexibility index (Phi) is 4.67. The van der Waals surface area contributed by atoms with E-state index in [1.54, 1.807) is 0 Å². The Morgan fingerprint density at radius 3 is 2.72 bits per heavy atom. The number of nitrogens with one attached hydrogen (secondary N) is 1. The molecule has 0 radical (unpaired) electrons. The first-order valence-electron chi connectivity index (χ1n) is 7.16. The molecule has 0 bridgehead atoms. The van der Waals surface area contributed by atoms with E-state index in [0.717, 1.165) is 45.4 Å². The summed E-state index contributed by atoms with van der Waals surface area (Å²) in [5, 5.41) is 3.46. The standard InChI is InChI=1S/C13H26N2O2S/c1-11(2)13-10-15(7-4-6-14-13)9-12-5-3-8-18(12,16)17/h11-14H,3-10H2,1-2H3. The van der Waals surface area contributed by atoms with Crippen molar-refractivity contribution in [1.29, 1.82) is 0 Å². The monoisotopic (exact) mass is 274 g/mol. The molecule has 0 aromatic carbocycles. The molecule has 0 saturated carbocycles. The summed E-state index contributed by atoms with van der Waals surface area (Å²) in [6.07, 6.45) is 2.83. The van der Waals surface area contributed by atoms with Crippen molar-refractivity contribution in [2.45, 2.75) is 44.4 Å². The van der Waals surface area contributed by atoms with Crippen molar-refractivity contribution >= 4 is 9.84 Å². The van der Waals surface area contributed by atoms with Crippen LogP contribution in [0.15, 0.2) is 0 Å². The van der Waals surface area contributed by atoms with E-state index < -0.39 is 9.84 Å². The zero-order chi connectivity index (χ0) is 13.2. The van der Waals surface area contributed by atoms with Crippen LogP contribution in [0, 0.1) is 5.92 Å². The average molecular weight is 274 g/mol. The van der Waals surface area contributed by atoms with E-state index in [1.165, 1.54) is 0 Å². The predicted molar refractivity (Wildman–Crippen MR) is 74.5 cm³/mol. The van der Waals surface area contributed by atoms with Crippen molar-refractivity contribution in [1.82, 2.24) is 10.2 Å². The number of hydrogen-bond donors (Lipinski definition) is 1. The van der Waals surface area contributed by atoms with E-state index in [4.69, 9.17) is 0 Å². The predicted octanol–water partition coefficient (Wildman–Crippen LogP) is 0.884. The summed E-state index contributed by atoms with van der Waals surface area (Å²) in [6.45, 7) is 8.27. The maximum atomic E-state index is 11.9.